The zero-order valence-corrected chi connectivity index (χ0v) is 12.7. The third kappa shape index (κ3) is 2.88. The fourth-order valence-corrected chi connectivity index (χ4v) is 2.55. The number of nitrogens with zero attached hydrogens (tertiary/aromatic N) is 2. The molecule has 0 radical (unpaired) electrons. The van der Waals surface area contributed by atoms with Crippen LogP contribution in [0.1, 0.15) is 36.5 Å². The van der Waals surface area contributed by atoms with Gasteiger partial charge >= 0.3 is 0 Å². The molecule has 1 amide bonds. The number of rotatable bonds is 4. The molecule has 0 spiro atoms. The van der Waals surface area contributed by atoms with E-state index in [4.69, 9.17) is 11.6 Å². The third-order valence-corrected chi connectivity index (χ3v) is 3.85. The van der Waals surface area contributed by atoms with E-state index in [0.717, 1.165) is 18.4 Å². The van der Waals surface area contributed by atoms with E-state index in [0.29, 0.717) is 22.9 Å². The molecule has 1 unspecified atom stereocenters. The number of amides is 1. The predicted molar refractivity (Wildman–Crippen MR) is 79.9 cm³/mol. The van der Waals surface area contributed by atoms with Gasteiger partial charge in [0.25, 0.3) is 0 Å². The molecule has 1 aromatic carbocycles. The fraction of sp³-hybridized carbons (Fsp3) is 0.467. The molecule has 1 heterocycles. The van der Waals surface area contributed by atoms with Gasteiger partial charge in [0.15, 0.2) is 0 Å². The zero-order chi connectivity index (χ0) is 15.1. The highest BCUT2D eigenvalue weighted by Crippen LogP contribution is 2.26. The second-order valence-electron chi connectivity index (χ2n) is 5.60. The van der Waals surface area contributed by atoms with E-state index in [2.05, 4.69) is 10.3 Å². The monoisotopic (exact) mass is 309 g/mol. The number of carbonyl (C=O) groups is 1. The number of benzene rings is 1. The Balaban J connectivity index is 2.02. The van der Waals surface area contributed by atoms with Gasteiger partial charge in [-0.05, 0) is 38.3 Å². The van der Waals surface area contributed by atoms with Gasteiger partial charge in [-0.2, -0.15) is 0 Å². The maximum Gasteiger partial charge on any atom is 0.240 e. The Hall–Kier alpha value is -1.62. The number of carbonyl (C=O) groups excluding carboxylic acids is 1. The van der Waals surface area contributed by atoms with Gasteiger partial charge in [-0.3, -0.25) is 4.79 Å². The maximum atomic E-state index is 13.7. The number of halogens is 2. The molecule has 112 valence electrons. The van der Waals surface area contributed by atoms with Gasteiger partial charge in [0, 0.05) is 12.1 Å². The molecular formula is C15H17ClFN3O. The van der Waals surface area contributed by atoms with Crippen LogP contribution >= 0.6 is 11.6 Å². The molecule has 21 heavy (non-hydrogen) atoms. The minimum absolute atomic E-state index is 0.0580. The molecule has 0 saturated heterocycles. The molecule has 1 saturated carbocycles. The summed E-state index contributed by atoms with van der Waals surface area (Å²) in [6.07, 6.45) is 2.08. The van der Waals surface area contributed by atoms with E-state index in [1.165, 1.54) is 6.07 Å². The summed E-state index contributed by atoms with van der Waals surface area (Å²) in [6, 6.07) is 3.41. The van der Waals surface area contributed by atoms with E-state index >= 15 is 0 Å². The van der Waals surface area contributed by atoms with E-state index in [-0.39, 0.29) is 23.6 Å². The Labute approximate surface area is 127 Å². The van der Waals surface area contributed by atoms with Gasteiger partial charge in [-0.15, -0.1) is 11.6 Å². The minimum Gasteiger partial charge on any atom is -0.352 e. The highest BCUT2D eigenvalue weighted by molar-refractivity contribution is 6.20. The van der Waals surface area contributed by atoms with E-state index in [1.807, 2.05) is 0 Å². The molecule has 1 fully saturated rings. The van der Waals surface area contributed by atoms with Crippen LogP contribution in [0.25, 0.3) is 11.0 Å². The number of nitrogens with one attached hydrogen (secondary N) is 1. The lowest BCUT2D eigenvalue weighted by Crippen LogP contribution is -2.29. The molecule has 0 aliphatic heterocycles. The lowest BCUT2D eigenvalue weighted by atomic mass is 10.2. The van der Waals surface area contributed by atoms with Gasteiger partial charge < -0.3 is 9.88 Å². The second kappa shape index (κ2) is 5.30. The minimum atomic E-state index is -0.352. The number of aromatic nitrogens is 2. The number of aryl methyl sites for hydroxylation is 1. The van der Waals surface area contributed by atoms with E-state index in [1.54, 1.807) is 24.5 Å². The molecule has 6 heteroatoms. The van der Waals surface area contributed by atoms with E-state index in [9.17, 15) is 9.18 Å². The predicted octanol–water partition coefficient (Wildman–Crippen LogP) is 3.06. The first-order chi connectivity index (χ1) is 9.95. The van der Waals surface area contributed by atoms with Crippen LogP contribution in [0.5, 0.6) is 0 Å². The summed E-state index contributed by atoms with van der Waals surface area (Å²) in [7, 11) is 0. The Kier molecular flexibility index (Phi) is 3.61. The number of hydrogen-bond donors (Lipinski definition) is 1. The fourth-order valence-electron chi connectivity index (χ4n) is 2.38. The summed E-state index contributed by atoms with van der Waals surface area (Å²) in [5, 5.41) is 2.59. The normalized spacial score (nSPS) is 16.2. The summed E-state index contributed by atoms with van der Waals surface area (Å²) in [5.41, 5.74) is 1.79. The second-order valence-corrected chi connectivity index (χ2v) is 6.26. The third-order valence-electron chi connectivity index (χ3n) is 3.66. The van der Waals surface area contributed by atoms with Crippen LogP contribution in [0.15, 0.2) is 12.1 Å². The van der Waals surface area contributed by atoms with Crippen molar-refractivity contribution in [2.24, 2.45) is 0 Å². The van der Waals surface area contributed by atoms with Crippen molar-refractivity contribution >= 4 is 28.5 Å². The Bertz CT molecular complexity index is 706. The van der Waals surface area contributed by atoms with Crippen molar-refractivity contribution in [3.05, 3.63) is 29.3 Å². The molecule has 1 aromatic heterocycles. The molecule has 1 atom stereocenters. The molecule has 0 bridgehead atoms. The molecule has 1 aliphatic rings. The largest absolute Gasteiger partial charge is 0.352 e. The van der Waals surface area contributed by atoms with Crippen molar-refractivity contribution in [2.45, 2.75) is 44.7 Å². The average Bonchev–Trinajstić information content (AvgIpc) is 3.14. The molecular weight excluding hydrogens is 293 g/mol. The maximum absolute atomic E-state index is 13.7. The van der Waals surface area contributed by atoms with Crippen molar-refractivity contribution in [2.75, 3.05) is 0 Å². The standard InChI is InChI=1S/C15H17ClFN3O/c1-8-5-13-12(6-11(8)17)19-15(9(2)16)20(13)7-14(21)18-10-3-4-10/h5-6,9-10H,3-4,7H2,1-2H3,(H,18,21). The summed E-state index contributed by atoms with van der Waals surface area (Å²) >= 11 is 6.15. The van der Waals surface area contributed by atoms with Crippen LogP contribution < -0.4 is 5.32 Å². The molecule has 4 nitrogen and oxygen atoms in total. The van der Waals surface area contributed by atoms with Gasteiger partial charge in [0.2, 0.25) is 5.91 Å². The number of fused-ring (bicyclic) bond motifs is 1. The molecule has 3 rings (SSSR count). The summed E-state index contributed by atoms with van der Waals surface area (Å²) in [6.45, 7) is 3.64. The molecule has 1 aliphatic carbocycles. The summed E-state index contributed by atoms with van der Waals surface area (Å²) in [4.78, 5) is 16.4. The molecule has 1 N–H and O–H groups in total. The van der Waals surface area contributed by atoms with E-state index < -0.39 is 0 Å². The van der Waals surface area contributed by atoms with Crippen LogP contribution in [0.2, 0.25) is 0 Å². The van der Waals surface area contributed by atoms with Crippen molar-refractivity contribution < 1.29 is 9.18 Å². The lowest BCUT2D eigenvalue weighted by Gasteiger charge is -2.11. The smallest absolute Gasteiger partial charge is 0.240 e. The molecule has 2 aromatic rings. The van der Waals surface area contributed by atoms with Crippen molar-refractivity contribution in [3.8, 4) is 0 Å². The van der Waals surface area contributed by atoms with Crippen LogP contribution in [0.4, 0.5) is 4.39 Å². The zero-order valence-electron chi connectivity index (χ0n) is 12.0. The highest BCUT2D eigenvalue weighted by atomic mass is 35.5. The van der Waals surface area contributed by atoms with Crippen molar-refractivity contribution in [1.82, 2.24) is 14.9 Å². The lowest BCUT2D eigenvalue weighted by molar-refractivity contribution is -0.121. The van der Waals surface area contributed by atoms with Crippen molar-refractivity contribution in [1.29, 1.82) is 0 Å². The Morgan fingerprint density at radius 3 is 2.90 bits per heavy atom. The van der Waals surface area contributed by atoms with Gasteiger partial charge in [-0.1, -0.05) is 0 Å². The quantitative estimate of drug-likeness (QED) is 0.882. The number of imidazole rings is 1. The first-order valence-electron chi connectivity index (χ1n) is 7.05. The average molecular weight is 310 g/mol. The van der Waals surface area contributed by atoms with Crippen LogP contribution in [0, 0.1) is 12.7 Å². The number of alkyl halides is 1. The Morgan fingerprint density at radius 1 is 1.57 bits per heavy atom. The first kappa shape index (κ1) is 14.3. The number of hydrogen-bond acceptors (Lipinski definition) is 2. The Morgan fingerprint density at radius 2 is 2.29 bits per heavy atom. The first-order valence-corrected chi connectivity index (χ1v) is 7.49. The topological polar surface area (TPSA) is 46.9 Å². The summed E-state index contributed by atoms with van der Waals surface area (Å²) < 4.78 is 15.4. The highest BCUT2D eigenvalue weighted by Gasteiger charge is 2.24. The van der Waals surface area contributed by atoms with Crippen LogP contribution in [-0.4, -0.2) is 21.5 Å². The van der Waals surface area contributed by atoms with Crippen LogP contribution in [0.3, 0.4) is 0 Å². The summed E-state index contributed by atoms with van der Waals surface area (Å²) in [5.74, 6) is 0.225. The van der Waals surface area contributed by atoms with Crippen molar-refractivity contribution in [3.63, 3.8) is 0 Å². The van der Waals surface area contributed by atoms with Gasteiger partial charge in [-0.25, -0.2) is 9.37 Å². The van der Waals surface area contributed by atoms with Gasteiger partial charge in [0.05, 0.1) is 16.4 Å². The van der Waals surface area contributed by atoms with Gasteiger partial charge in [0.1, 0.15) is 18.2 Å². The van der Waals surface area contributed by atoms with Crippen LogP contribution in [-0.2, 0) is 11.3 Å². The SMILES string of the molecule is Cc1cc2c(cc1F)nc(C(C)Cl)n2CC(=O)NC1CC1.